The summed E-state index contributed by atoms with van der Waals surface area (Å²) >= 11 is 0. The Labute approximate surface area is 136 Å². The molecule has 0 bridgehead atoms. The highest BCUT2D eigenvalue weighted by Crippen LogP contribution is 2.40. The average Bonchev–Trinajstić information content (AvgIpc) is 2.56. The van der Waals surface area contributed by atoms with Crippen LogP contribution in [0.1, 0.15) is 47.3 Å². The van der Waals surface area contributed by atoms with Gasteiger partial charge in [0.15, 0.2) is 0 Å². The first-order chi connectivity index (χ1) is 11.2. The normalized spacial score (nSPS) is 24.0. The van der Waals surface area contributed by atoms with Gasteiger partial charge < -0.3 is 4.74 Å². The van der Waals surface area contributed by atoms with Crippen LogP contribution in [0.15, 0.2) is 53.6 Å². The van der Waals surface area contributed by atoms with Gasteiger partial charge in [0.05, 0.1) is 12.2 Å². The molecule has 0 aliphatic carbocycles. The number of azide groups is 1. The highest BCUT2D eigenvalue weighted by Gasteiger charge is 2.30. The van der Waals surface area contributed by atoms with Gasteiger partial charge in [-0.1, -0.05) is 64.8 Å². The lowest BCUT2D eigenvalue weighted by atomic mass is 9.91. The maximum atomic E-state index is 8.82. The molecule has 1 unspecified atom stereocenters. The van der Waals surface area contributed by atoms with Gasteiger partial charge in [-0.2, -0.15) is 0 Å². The molecule has 118 valence electrons. The molecular formula is C19H21N3O. The fourth-order valence-electron chi connectivity index (χ4n) is 3.06. The summed E-state index contributed by atoms with van der Waals surface area (Å²) in [5.41, 5.74) is 13.6. The Morgan fingerprint density at radius 1 is 0.870 bits per heavy atom. The van der Waals surface area contributed by atoms with E-state index in [4.69, 9.17) is 10.3 Å². The Morgan fingerprint density at radius 3 is 1.70 bits per heavy atom. The number of ether oxygens (including phenoxy) is 1. The molecule has 4 heteroatoms. The first kappa shape index (κ1) is 15.6. The zero-order valence-corrected chi connectivity index (χ0v) is 13.5. The first-order valence-electron chi connectivity index (χ1n) is 7.98. The van der Waals surface area contributed by atoms with E-state index in [1.54, 1.807) is 0 Å². The molecule has 0 amide bonds. The van der Waals surface area contributed by atoms with Crippen LogP contribution < -0.4 is 0 Å². The Hall–Kier alpha value is -2.29. The predicted octanol–water partition coefficient (Wildman–Crippen LogP) is 5.58. The molecule has 0 aromatic heterocycles. The molecule has 2 aromatic carbocycles. The van der Waals surface area contributed by atoms with Crippen LogP contribution in [-0.4, -0.2) is 6.04 Å². The van der Waals surface area contributed by atoms with Crippen molar-refractivity contribution in [1.29, 1.82) is 0 Å². The second-order valence-corrected chi connectivity index (χ2v) is 6.26. The maximum absolute atomic E-state index is 8.82. The lowest BCUT2D eigenvalue weighted by Crippen LogP contribution is -2.25. The van der Waals surface area contributed by atoms with E-state index in [0.29, 0.717) is 0 Å². The van der Waals surface area contributed by atoms with Crippen LogP contribution in [0.25, 0.3) is 10.4 Å². The van der Waals surface area contributed by atoms with Crippen molar-refractivity contribution in [2.75, 3.05) is 0 Å². The van der Waals surface area contributed by atoms with E-state index in [0.717, 1.165) is 24.0 Å². The number of nitrogens with zero attached hydrogens (tertiary/aromatic N) is 3. The second-order valence-electron chi connectivity index (χ2n) is 6.26. The third-order valence-electron chi connectivity index (χ3n) is 4.41. The maximum Gasteiger partial charge on any atom is 0.0837 e. The van der Waals surface area contributed by atoms with E-state index in [1.807, 2.05) is 0 Å². The van der Waals surface area contributed by atoms with Gasteiger partial charge in [-0.3, -0.25) is 0 Å². The standard InChI is InChI=1S/C19H21N3O/c1-13-3-7-15(8-4-13)18-11-17(21-22-20)12-19(23-18)16-9-5-14(2)6-10-16/h3-10,17-19H,11-12H2,1-2H3/t17?,18-,19+. The van der Waals surface area contributed by atoms with Gasteiger partial charge in [0.2, 0.25) is 0 Å². The van der Waals surface area contributed by atoms with Crippen molar-refractivity contribution in [3.8, 4) is 0 Å². The fourth-order valence-corrected chi connectivity index (χ4v) is 3.06. The Bertz CT molecular complexity index is 649. The quantitative estimate of drug-likeness (QED) is 0.415. The van der Waals surface area contributed by atoms with E-state index < -0.39 is 0 Å². The number of hydrogen-bond donors (Lipinski definition) is 0. The molecule has 23 heavy (non-hydrogen) atoms. The van der Waals surface area contributed by atoms with Crippen LogP contribution in [0.4, 0.5) is 0 Å². The Morgan fingerprint density at radius 2 is 1.30 bits per heavy atom. The highest BCUT2D eigenvalue weighted by molar-refractivity contribution is 5.26. The van der Waals surface area contributed by atoms with Gasteiger partial charge >= 0.3 is 0 Å². The summed E-state index contributed by atoms with van der Waals surface area (Å²) < 4.78 is 6.33. The summed E-state index contributed by atoms with van der Waals surface area (Å²) in [6.07, 6.45) is 1.39. The molecule has 0 saturated carbocycles. The van der Waals surface area contributed by atoms with E-state index >= 15 is 0 Å². The average molecular weight is 307 g/mol. The smallest absolute Gasteiger partial charge is 0.0837 e. The van der Waals surface area contributed by atoms with E-state index in [9.17, 15) is 0 Å². The molecule has 1 aliphatic rings. The highest BCUT2D eigenvalue weighted by atomic mass is 16.5. The van der Waals surface area contributed by atoms with Gasteiger partial charge in [-0.25, -0.2) is 0 Å². The fraction of sp³-hybridized carbons (Fsp3) is 0.368. The molecule has 2 aromatic rings. The number of aryl methyl sites for hydroxylation is 2. The summed E-state index contributed by atoms with van der Waals surface area (Å²) in [5.74, 6) is 0. The largest absolute Gasteiger partial charge is 0.366 e. The van der Waals surface area contributed by atoms with E-state index in [2.05, 4.69) is 72.4 Å². The van der Waals surface area contributed by atoms with E-state index in [-0.39, 0.29) is 18.2 Å². The van der Waals surface area contributed by atoms with E-state index in [1.165, 1.54) is 11.1 Å². The van der Waals surface area contributed by atoms with Crippen LogP contribution >= 0.6 is 0 Å². The third-order valence-corrected chi connectivity index (χ3v) is 4.41. The number of hydrogen-bond acceptors (Lipinski definition) is 2. The second kappa shape index (κ2) is 6.86. The summed E-state index contributed by atoms with van der Waals surface area (Å²) in [5, 5.41) is 3.97. The molecular weight excluding hydrogens is 286 g/mol. The number of benzene rings is 2. The van der Waals surface area contributed by atoms with Crippen molar-refractivity contribution in [2.24, 2.45) is 5.11 Å². The van der Waals surface area contributed by atoms with Crippen molar-refractivity contribution < 1.29 is 4.74 Å². The molecule has 4 nitrogen and oxygen atoms in total. The molecule has 0 N–H and O–H groups in total. The van der Waals surface area contributed by atoms with Crippen molar-refractivity contribution in [2.45, 2.75) is 44.9 Å². The summed E-state index contributed by atoms with van der Waals surface area (Å²) in [6, 6.07) is 16.7. The molecule has 1 fully saturated rings. The first-order valence-corrected chi connectivity index (χ1v) is 7.98. The molecule has 0 radical (unpaired) electrons. The lowest BCUT2D eigenvalue weighted by molar-refractivity contribution is -0.0604. The van der Waals surface area contributed by atoms with Crippen LogP contribution in [0.5, 0.6) is 0 Å². The van der Waals surface area contributed by atoms with Gasteiger partial charge in [-0.15, -0.1) is 0 Å². The van der Waals surface area contributed by atoms with Gasteiger partial charge in [0.1, 0.15) is 0 Å². The molecule has 3 atom stereocenters. The SMILES string of the molecule is Cc1ccc([C@@H]2CC(N=[N+]=[N-])C[C@H](c3ccc(C)cc3)O2)cc1. The third kappa shape index (κ3) is 3.73. The summed E-state index contributed by atoms with van der Waals surface area (Å²) in [7, 11) is 0. The lowest BCUT2D eigenvalue weighted by Gasteiger charge is -2.34. The van der Waals surface area contributed by atoms with Crippen molar-refractivity contribution in [3.05, 3.63) is 81.2 Å². The van der Waals surface area contributed by atoms with Crippen LogP contribution in [0, 0.1) is 13.8 Å². The minimum atomic E-state index is -0.0360. The summed E-state index contributed by atoms with van der Waals surface area (Å²) in [6.45, 7) is 4.15. The molecule has 1 heterocycles. The molecule has 1 saturated heterocycles. The summed E-state index contributed by atoms with van der Waals surface area (Å²) in [4.78, 5) is 3.01. The number of rotatable bonds is 3. The minimum Gasteiger partial charge on any atom is -0.366 e. The zero-order valence-electron chi connectivity index (χ0n) is 13.5. The van der Waals surface area contributed by atoms with Gasteiger partial charge in [0, 0.05) is 11.0 Å². The van der Waals surface area contributed by atoms with Crippen molar-refractivity contribution in [3.63, 3.8) is 0 Å². The zero-order chi connectivity index (χ0) is 16.2. The Kier molecular flexibility index (Phi) is 4.65. The van der Waals surface area contributed by atoms with Crippen LogP contribution in [-0.2, 0) is 4.74 Å². The van der Waals surface area contributed by atoms with Crippen molar-refractivity contribution in [1.82, 2.24) is 0 Å². The van der Waals surface area contributed by atoms with Crippen LogP contribution in [0.3, 0.4) is 0 Å². The molecule has 3 rings (SSSR count). The molecule has 1 aliphatic heterocycles. The van der Waals surface area contributed by atoms with Crippen molar-refractivity contribution >= 4 is 0 Å². The Balaban J connectivity index is 1.87. The predicted molar refractivity (Wildman–Crippen MR) is 91.1 cm³/mol. The topological polar surface area (TPSA) is 58.0 Å². The van der Waals surface area contributed by atoms with Gasteiger partial charge in [-0.05, 0) is 43.3 Å². The monoisotopic (exact) mass is 307 g/mol. The van der Waals surface area contributed by atoms with Gasteiger partial charge in [0.25, 0.3) is 0 Å². The molecule has 0 spiro atoms. The van der Waals surface area contributed by atoms with Crippen LogP contribution in [0.2, 0.25) is 0 Å². The minimum absolute atomic E-state index is 0.0358.